The zero-order valence-corrected chi connectivity index (χ0v) is 15.4. The number of hydrogen-bond acceptors (Lipinski definition) is 6. The van der Waals surface area contributed by atoms with Crippen molar-refractivity contribution < 1.29 is 14.3 Å². The smallest absolute Gasteiger partial charge is 0.339 e. The van der Waals surface area contributed by atoms with E-state index in [2.05, 4.69) is 15.4 Å². The van der Waals surface area contributed by atoms with Crippen molar-refractivity contribution in [1.29, 1.82) is 5.26 Å². The van der Waals surface area contributed by atoms with Gasteiger partial charge in [0.15, 0.2) is 12.3 Å². The summed E-state index contributed by atoms with van der Waals surface area (Å²) in [5, 5.41) is 15.9. The molecule has 2 aromatic rings. The minimum atomic E-state index is -0.599. The Morgan fingerprint density at radius 3 is 2.69 bits per heavy atom. The molecule has 2 aromatic heterocycles. The highest BCUT2D eigenvalue weighted by molar-refractivity contribution is 6.03. The Hall–Kier alpha value is -2.95. The number of amides is 1. The molecule has 26 heavy (non-hydrogen) atoms. The van der Waals surface area contributed by atoms with Crippen LogP contribution in [0.1, 0.15) is 62.1 Å². The van der Waals surface area contributed by atoms with E-state index in [1.165, 1.54) is 0 Å². The van der Waals surface area contributed by atoms with Crippen molar-refractivity contribution in [3.63, 3.8) is 0 Å². The molecule has 8 heteroatoms. The van der Waals surface area contributed by atoms with Gasteiger partial charge in [0, 0.05) is 18.3 Å². The molecule has 0 spiro atoms. The van der Waals surface area contributed by atoms with E-state index in [4.69, 9.17) is 10.00 Å². The molecule has 0 unspecified atom stereocenters. The fourth-order valence-corrected chi connectivity index (χ4v) is 2.40. The third kappa shape index (κ3) is 4.36. The Balaban J connectivity index is 2.26. The van der Waals surface area contributed by atoms with Crippen molar-refractivity contribution in [1.82, 2.24) is 20.1 Å². The van der Waals surface area contributed by atoms with Gasteiger partial charge in [-0.1, -0.05) is 13.8 Å². The van der Waals surface area contributed by atoms with Crippen LogP contribution in [0.4, 0.5) is 0 Å². The predicted octanol–water partition coefficient (Wildman–Crippen LogP) is 2.32. The van der Waals surface area contributed by atoms with Crippen LogP contribution in [0.5, 0.6) is 0 Å². The van der Waals surface area contributed by atoms with Gasteiger partial charge in [0.1, 0.15) is 0 Å². The van der Waals surface area contributed by atoms with Crippen molar-refractivity contribution in [3.8, 4) is 6.07 Å². The van der Waals surface area contributed by atoms with Crippen LogP contribution in [0.25, 0.3) is 11.0 Å². The van der Waals surface area contributed by atoms with Crippen LogP contribution in [0.3, 0.4) is 0 Å². The fraction of sp³-hybridized carbons (Fsp3) is 0.500. The van der Waals surface area contributed by atoms with Crippen molar-refractivity contribution in [2.24, 2.45) is 0 Å². The van der Waals surface area contributed by atoms with Crippen LogP contribution in [-0.4, -0.2) is 39.8 Å². The van der Waals surface area contributed by atoms with Crippen molar-refractivity contribution >= 4 is 22.9 Å². The first-order valence-electron chi connectivity index (χ1n) is 8.54. The van der Waals surface area contributed by atoms with Crippen LogP contribution < -0.4 is 5.32 Å². The van der Waals surface area contributed by atoms with E-state index in [-0.39, 0.29) is 24.9 Å². The summed E-state index contributed by atoms with van der Waals surface area (Å²) >= 11 is 0. The molecule has 0 aliphatic rings. The average molecular weight is 357 g/mol. The highest BCUT2D eigenvalue weighted by Gasteiger charge is 2.20. The molecule has 1 amide bonds. The van der Waals surface area contributed by atoms with Gasteiger partial charge >= 0.3 is 5.97 Å². The predicted molar refractivity (Wildman–Crippen MR) is 95.5 cm³/mol. The zero-order chi connectivity index (χ0) is 19.3. The quantitative estimate of drug-likeness (QED) is 0.601. The summed E-state index contributed by atoms with van der Waals surface area (Å²) in [6.45, 7) is 7.78. The molecule has 0 aliphatic heterocycles. The van der Waals surface area contributed by atoms with Crippen LogP contribution in [0.2, 0.25) is 0 Å². The molecular formula is C18H23N5O3. The molecule has 0 radical (unpaired) electrons. The number of rotatable bonds is 7. The monoisotopic (exact) mass is 357 g/mol. The summed E-state index contributed by atoms with van der Waals surface area (Å²) < 4.78 is 6.89. The molecule has 1 N–H and O–H groups in total. The van der Waals surface area contributed by atoms with Gasteiger partial charge in [-0.2, -0.15) is 10.4 Å². The lowest BCUT2D eigenvalue weighted by atomic mass is 10.1. The van der Waals surface area contributed by atoms with Crippen LogP contribution in [-0.2, 0) is 9.53 Å². The Kier molecular flexibility index (Phi) is 6.28. The Morgan fingerprint density at radius 2 is 2.08 bits per heavy atom. The van der Waals surface area contributed by atoms with Gasteiger partial charge in [0.25, 0.3) is 5.91 Å². The van der Waals surface area contributed by atoms with Crippen LogP contribution in [0, 0.1) is 11.3 Å². The lowest BCUT2D eigenvalue weighted by Gasteiger charge is -2.12. The number of carbonyl (C=O) groups is 2. The largest absolute Gasteiger partial charge is 0.452 e. The van der Waals surface area contributed by atoms with Gasteiger partial charge in [-0.15, -0.1) is 0 Å². The van der Waals surface area contributed by atoms with E-state index in [1.54, 1.807) is 16.9 Å². The first-order chi connectivity index (χ1) is 12.3. The number of nitriles is 1. The Morgan fingerprint density at radius 1 is 1.35 bits per heavy atom. The van der Waals surface area contributed by atoms with Gasteiger partial charge < -0.3 is 10.1 Å². The number of nitrogens with one attached hydrogen (secondary N) is 1. The molecule has 0 bridgehead atoms. The second-order valence-corrected chi connectivity index (χ2v) is 6.50. The molecule has 138 valence electrons. The van der Waals surface area contributed by atoms with E-state index < -0.39 is 18.5 Å². The lowest BCUT2D eigenvalue weighted by molar-refractivity contribution is -0.124. The number of ether oxygens (including phenoxy) is 1. The second-order valence-electron chi connectivity index (χ2n) is 6.50. The standard InChI is InChI=1S/C18H23N5O3/c1-11(2)15-8-13(14-9-21-23(12(3)4)17(14)22-15)18(25)26-10-16(24)20-7-5-6-19/h8-9,11-12H,5,7,10H2,1-4H3,(H,20,24). The maximum absolute atomic E-state index is 12.5. The normalized spacial score (nSPS) is 11.0. The molecule has 2 rings (SSSR count). The summed E-state index contributed by atoms with van der Waals surface area (Å²) in [6, 6.07) is 3.71. The number of pyridine rings is 1. The van der Waals surface area contributed by atoms with E-state index >= 15 is 0 Å². The van der Waals surface area contributed by atoms with Gasteiger partial charge in [-0.25, -0.2) is 14.5 Å². The zero-order valence-electron chi connectivity index (χ0n) is 15.4. The topological polar surface area (TPSA) is 110 Å². The number of esters is 1. The van der Waals surface area contributed by atoms with Crippen molar-refractivity contribution in [3.05, 3.63) is 23.5 Å². The van der Waals surface area contributed by atoms with Crippen LogP contribution >= 0.6 is 0 Å². The minimum absolute atomic E-state index is 0.0946. The first kappa shape index (κ1) is 19.4. The number of hydrogen-bond donors (Lipinski definition) is 1. The van der Waals surface area contributed by atoms with Gasteiger partial charge in [0.05, 0.1) is 29.6 Å². The van der Waals surface area contributed by atoms with E-state index in [0.29, 0.717) is 16.6 Å². The SMILES string of the molecule is CC(C)c1cc(C(=O)OCC(=O)NCCC#N)c2cnn(C(C)C)c2n1. The summed E-state index contributed by atoms with van der Waals surface area (Å²) in [5.41, 5.74) is 1.72. The Labute approximate surface area is 152 Å². The van der Waals surface area contributed by atoms with Crippen molar-refractivity contribution in [2.75, 3.05) is 13.2 Å². The molecule has 0 aliphatic carbocycles. The van der Waals surface area contributed by atoms with Gasteiger partial charge in [0.2, 0.25) is 0 Å². The fourth-order valence-electron chi connectivity index (χ4n) is 2.40. The maximum atomic E-state index is 12.5. The maximum Gasteiger partial charge on any atom is 0.339 e. The van der Waals surface area contributed by atoms with Gasteiger partial charge in [-0.05, 0) is 25.8 Å². The molecular weight excluding hydrogens is 334 g/mol. The molecule has 0 atom stereocenters. The van der Waals surface area contributed by atoms with Gasteiger partial charge in [-0.3, -0.25) is 4.79 Å². The average Bonchev–Trinajstić information content (AvgIpc) is 3.03. The number of fused-ring (bicyclic) bond motifs is 1. The summed E-state index contributed by atoms with van der Waals surface area (Å²) in [5.74, 6) is -0.922. The highest BCUT2D eigenvalue weighted by atomic mass is 16.5. The third-order valence-corrected chi connectivity index (χ3v) is 3.78. The minimum Gasteiger partial charge on any atom is -0.452 e. The third-order valence-electron chi connectivity index (χ3n) is 3.78. The highest BCUT2D eigenvalue weighted by Crippen LogP contribution is 2.24. The molecule has 0 saturated carbocycles. The second kappa shape index (κ2) is 8.43. The summed E-state index contributed by atoms with van der Waals surface area (Å²) in [6.07, 6.45) is 1.80. The van der Waals surface area contributed by atoms with Crippen LogP contribution in [0.15, 0.2) is 12.3 Å². The summed E-state index contributed by atoms with van der Waals surface area (Å²) in [7, 11) is 0. The summed E-state index contributed by atoms with van der Waals surface area (Å²) in [4.78, 5) is 28.8. The number of carbonyl (C=O) groups excluding carboxylic acids is 2. The van der Waals surface area contributed by atoms with E-state index in [9.17, 15) is 9.59 Å². The molecule has 8 nitrogen and oxygen atoms in total. The molecule has 0 fully saturated rings. The first-order valence-corrected chi connectivity index (χ1v) is 8.54. The number of nitrogens with zero attached hydrogens (tertiary/aromatic N) is 4. The number of aromatic nitrogens is 3. The van der Waals surface area contributed by atoms with E-state index in [0.717, 1.165) is 5.69 Å². The molecule has 0 aromatic carbocycles. The molecule has 2 heterocycles. The Bertz CT molecular complexity index is 848. The molecule has 0 saturated heterocycles. The van der Waals surface area contributed by atoms with Crippen molar-refractivity contribution in [2.45, 2.75) is 46.1 Å². The van der Waals surface area contributed by atoms with E-state index in [1.807, 2.05) is 33.8 Å². The lowest BCUT2D eigenvalue weighted by Crippen LogP contribution is -2.29.